The van der Waals surface area contributed by atoms with Crippen LogP contribution in [-0.4, -0.2) is 67.3 Å². The Morgan fingerprint density at radius 2 is 1.77 bits per heavy atom. The minimum absolute atomic E-state index is 0.165. The van der Waals surface area contributed by atoms with Crippen LogP contribution < -0.4 is 5.32 Å². The van der Waals surface area contributed by atoms with Crippen molar-refractivity contribution in [3.05, 3.63) is 0 Å². The molecule has 2 aliphatic heterocycles. The molecule has 0 atom stereocenters. The van der Waals surface area contributed by atoms with Crippen molar-refractivity contribution < 1.29 is 9.53 Å². The van der Waals surface area contributed by atoms with Crippen molar-refractivity contribution in [1.29, 1.82) is 0 Å². The molecule has 5 heteroatoms. The Labute approximate surface area is 135 Å². The van der Waals surface area contributed by atoms with Gasteiger partial charge in [-0.15, -0.1) is 0 Å². The predicted octanol–water partition coefficient (Wildman–Crippen LogP) is 2.32. The van der Waals surface area contributed by atoms with Crippen molar-refractivity contribution >= 4 is 6.09 Å². The lowest BCUT2D eigenvalue weighted by Gasteiger charge is -2.35. The number of carbonyl (C=O) groups is 1. The van der Waals surface area contributed by atoms with Crippen molar-refractivity contribution in [3.8, 4) is 0 Å². The van der Waals surface area contributed by atoms with Crippen LogP contribution in [0.25, 0.3) is 0 Å². The number of piperazine rings is 1. The molecule has 0 unspecified atom stereocenters. The number of piperidine rings is 1. The van der Waals surface area contributed by atoms with E-state index in [9.17, 15) is 4.79 Å². The van der Waals surface area contributed by atoms with Crippen molar-refractivity contribution in [3.63, 3.8) is 0 Å². The topological polar surface area (TPSA) is 44.8 Å². The highest BCUT2D eigenvalue weighted by molar-refractivity contribution is 5.68. The second-order valence-electron chi connectivity index (χ2n) is 7.64. The number of nitrogens with one attached hydrogen (secondary N) is 1. The van der Waals surface area contributed by atoms with Gasteiger partial charge < -0.3 is 15.0 Å². The Morgan fingerprint density at radius 1 is 1.14 bits per heavy atom. The predicted molar refractivity (Wildman–Crippen MR) is 89.1 cm³/mol. The zero-order valence-electron chi connectivity index (χ0n) is 14.6. The Morgan fingerprint density at radius 3 is 2.36 bits per heavy atom. The molecule has 0 aliphatic carbocycles. The average molecular weight is 311 g/mol. The van der Waals surface area contributed by atoms with Crippen LogP contribution in [0.5, 0.6) is 0 Å². The summed E-state index contributed by atoms with van der Waals surface area (Å²) < 4.78 is 5.44. The summed E-state index contributed by atoms with van der Waals surface area (Å²) in [6.07, 6.45) is 5.16. The Kier molecular flexibility index (Phi) is 6.50. The maximum Gasteiger partial charge on any atom is 0.410 e. The van der Waals surface area contributed by atoms with Gasteiger partial charge in [0.1, 0.15) is 5.60 Å². The van der Waals surface area contributed by atoms with E-state index < -0.39 is 5.60 Å². The molecular weight excluding hydrogens is 278 g/mol. The monoisotopic (exact) mass is 311 g/mol. The highest BCUT2D eigenvalue weighted by atomic mass is 16.6. The van der Waals surface area contributed by atoms with E-state index in [1.165, 1.54) is 45.3 Å². The number of nitrogens with zero attached hydrogens (tertiary/aromatic N) is 2. The summed E-state index contributed by atoms with van der Waals surface area (Å²) in [7, 11) is 0. The molecule has 0 bridgehead atoms. The SMILES string of the molecule is CC(C)(C)OC(=O)N1CCN(CCCC2CCNCC2)CC1. The van der Waals surface area contributed by atoms with E-state index in [4.69, 9.17) is 4.74 Å². The van der Waals surface area contributed by atoms with Gasteiger partial charge in [-0.2, -0.15) is 0 Å². The van der Waals surface area contributed by atoms with Crippen LogP contribution in [0.4, 0.5) is 4.79 Å². The minimum Gasteiger partial charge on any atom is -0.444 e. The van der Waals surface area contributed by atoms with Crippen molar-refractivity contribution in [2.75, 3.05) is 45.8 Å². The summed E-state index contributed by atoms with van der Waals surface area (Å²) in [5, 5.41) is 3.43. The average Bonchev–Trinajstić information content (AvgIpc) is 2.47. The normalized spacial score (nSPS) is 21.9. The number of ether oxygens (including phenoxy) is 1. The molecule has 22 heavy (non-hydrogen) atoms. The quantitative estimate of drug-likeness (QED) is 0.865. The van der Waals surface area contributed by atoms with Crippen LogP contribution in [0.2, 0.25) is 0 Å². The second-order valence-corrected chi connectivity index (χ2v) is 7.64. The third-order valence-corrected chi connectivity index (χ3v) is 4.57. The highest BCUT2D eigenvalue weighted by Crippen LogP contribution is 2.18. The van der Waals surface area contributed by atoms with Crippen LogP contribution in [0, 0.1) is 5.92 Å². The third kappa shape index (κ3) is 6.13. The number of amides is 1. The summed E-state index contributed by atoms with van der Waals surface area (Å²) in [6.45, 7) is 12.9. The van der Waals surface area contributed by atoms with E-state index in [-0.39, 0.29) is 6.09 Å². The Hall–Kier alpha value is -0.810. The summed E-state index contributed by atoms with van der Waals surface area (Å²) in [5.41, 5.74) is -0.400. The summed E-state index contributed by atoms with van der Waals surface area (Å²) >= 11 is 0. The van der Waals surface area contributed by atoms with Crippen molar-refractivity contribution in [2.24, 2.45) is 5.92 Å². The summed E-state index contributed by atoms with van der Waals surface area (Å²) in [4.78, 5) is 16.4. The molecule has 2 rings (SSSR count). The Balaban J connectivity index is 1.59. The van der Waals surface area contributed by atoms with Gasteiger partial charge in [0.05, 0.1) is 0 Å². The van der Waals surface area contributed by atoms with E-state index in [1.807, 2.05) is 25.7 Å². The molecular formula is C17H33N3O2. The lowest BCUT2D eigenvalue weighted by molar-refractivity contribution is 0.0143. The molecule has 2 heterocycles. The first kappa shape index (κ1) is 17.5. The summed E-state index contributed by atoms with van der Waals surface area (Å²) in [5.74, 6) is 0.921. The molecule has 0 spiro atoms. The fourth-order valence-electron chi connectivity index (χ4n) is 3.25. The smallest absolute Gasteiger partial charge is 0.410 e. The minimum atomic E-state index is -0.400. The van der Waals surface area contributed by atoms with Gasteiger partial charge in [-0.05, 0) is 72.0 Å². The van der Waals surface area contributed by atoms with E-state index >= 15 is 0 Å². The zero-order valence-corrected chi connectivity index (χ0v) is 14.6. The molecule has 2 fully saturated rings. The maximum atomic E-state index is 12.0. The van der Waals surface area contributed by atoms with Gasteiger partial charge in [0.2, 0.25) is 0 Å². The van der Waals surface area contributed by atoms with E-state index in [0.29, 0.717) is 0 Å². The standard InChI is InChI=1S/C17H33N3O2/c1-17(2,3)22-16(21)20-13-11-19(12-14-20)10-4-5-15-6-8-18-9-7-15/h15,18H,4-14H2,1-3H3. The third-order valence-electron chi connectivity index (χ3n) is 4.57. The van der Waals surface area contributed by atoms with Gasteiger partial charge in [0.25, 0.3) is 0 Å². The molecule has 5 nitrogen and oxygen atoms in total. The molecule has 1 amide bonds. The van der Waals surface area contributed by atoms with Crippen LogP contribution in [0.15, 0.2) is 0 Å². The number of rotatable bonds is 4. The van der Waals surface area contributed by atoms with Gasteiger partial charge >= 0.3 is 6.09 Å². The maximum absolute atomic E-state index is 12.0. The number of carbonyl (C=O) groups excluding carboxylic acids is 1. The zero-order chi connectivity index (χ0) is 16.0. The molecule has 1 N–H and O–H groups in total. The van der Waals surface area contributed by atoms with Gasteiger partial charge in [0, 0.05) is 26.2 Å². The number of hydrogen-bond donors (Lipinski definition) is 1. The van der Waals surface area contributed by atoms with Gasteiger partial charge in [-0.25, -0.2) is 4.79 Å². The second kappa shape index (κ2) is 8.16. The molecule has 0 radical (unpaired) electrons. The van der Waals surface area contributed by atoms with Gasteiger partial charge in [-0.3, -0.25) is 4.90 Å². The molecule has 128 valence electrons. The summed E-state index contributed by atoms with van der Waals surface area (Å²) in [6, 6.07) is 0. The molecule has 2 saturated heterocycles. The first-order chi connectivity index (χ1) is 10.4. The fourth-order valence-corrected chi connectivity index (χ4v) is 3.25. The van der Waals surface area contributed by atoms with Gasteiger partial charge in [0.15, 0.2) is 0 Å². The lowest BCUT2D eigenvalue weighted by Crippen LogP contribution is -2.50. The largest absolute Gasteiger partial charge is 0.444 e. The molecule has 0 saturated carbocycles. The van der Waals surface area contributed by atoms with E-state index in [2.05, 4.69) is 10.2 Å². The first-order valence-corrected chi connectivity index (χ1v) is 8.85. The van der Waals surface area contributed by atoms with Crippen LogP contribution in [0.1, 0.15) is 46.5 Å². The van der Waals surface area contributed by atoms with E-state index in [1.54, 1.807) is 0 Å². The Bertz CT molecular complexity index is 340. The molecule has 0 aromatic rings. The van der Waals surface area contributed by atoms with E-state index in [0.717, 1.165) is 32.1 Å². The lowest BCUT2D eigenvalue weighted by atomic mass is 9.93. The van der Waals surface area contributed by atoms with Crippen molar-refractivity contribution in [1.82, 2.24) is 15.1 Å². The number of hydrogen-bond acceptors (Lipinski definition) is 4. The highest BCUT2D eigenvalue weighted by Gasteiger charge is 2.25. The first-order valence-electron chi connectivity index (χ1n) is 8.85. The molecule has 0 aromatic carbocycles. The van der Waals surface area contributed by atoms with Crippen molar-refractivity contribution in [2.45, 2.75) is 52.1 Å². The van der Waals surface area contributed by atoms with Crippen LogP contribution in [0.3, 0.4) is 0 Å². The van der Waals surface area contributed by atoms with Gasteiger partial charge in [-0.1, -0.05) is 0 Å². The fraction of sp³-hybridized carbons (Fsp3) is 0.941. The van der Waals surface area contributed by atoms with Crippen LogP contribution in [-0.2, 0) is 4.74 Å². The molecule has 2 aliphatic rings. The molecule has 0 aromatic heterocycles. The van der Waals surface area contributed by atoms with Crippen LogP contribution >= 0.6 is 0 Å².